The fourth-order valence-corrected chi connectivity index (χ4v) is 3.23. The quantitative estimate of drug-likeness (QED) is 0.351. The second-order valence-corrected chi connectivity index (χ2v) is 6.75. The van der Waals surface area contributed by atoms with Crippen LogP contribution >= 0.6 is 12.2 Å². The molecule has 0 aliphatic carbocycles. The molecule has 0 saturated carbocycles. The number of amides is 1. The summed E-state index contributed by atoms with van der Waals surface area (Å²) in [5.74, 6) is -0.611. The topological polar surface area (TPSA) is 93.5 Å². The number of nitro groups is 1. The number of benzene rings is 3. The summed E-state index contributed by atoms with van der Waals surface area (Å²) in [7, 11) is 1.40. The molecule has 152 valence electrons. The minimum absolute atomic E-state index is 0.0593. The molecule has 0 heterocycles. The first kappa shape index (κ1) is 20.9. The molecule has 2 N–H and O–H groups in total. The Kier molecular flexibility index (Phi) is 6.71. The third kappa shape index (κ3) is 4.98. The Morgan fingerprint density at radius 3 is 2.07 bits per heavy atom. The van der Waals surface area contributed by atoms with Crippen LogP contribution in [0, 0.1) is 10.1 Å². The largest absolute Gasteiger partial charge is 0.494 e. The molecule has 0 radical (unpaired) electrons. The van der Waals surface area contributed by atoms with Gasteiger partial charge in [-0.15, -0.1) is 0 Å². The lowest BCUT2D eigenvalue weighted by molar-refractivity contribution is -0.384. The van der Waals surface area contributed by atoms with Crippen LogP contribution in [0.5, 0.6) is 5.75 Å². The lowest BCUT2D eigenvalue weighted by atomic mass is 9.90. The van der Waals surface area contributed by atoms with E-state index in [1.54, 1.807) is 0 Å². The van der Waals surface area contributed by atoms with Crippen molar-refractivity contribution in [3.63, 3.8) is 0 Å². The summed E-state index contributed by atoms with van der Waals surface area (Å²) in [5, 5.41) is 16.6. The Labute approximate surface area is 178 Å². The number of rotatable bonds is 6. The number of nitro benzene ring substituents is 1. The molecule has 0 saturated heterocycles. The first-order valence-corrected chi connectivity index (χ1v) is 9.44. The van der Waals surface area contributed by atoms with Crippen molar-refractivity contribution in [2.75, 3.05) is 12.4 Å². The summed E-state index contributed by atoms with van der Waals surface area (Å²) < 4.78 is 5.19. The molecule has 0 aromatic heterocycles. The fraction of sp³-hybridized carbons (Fsp3) is 0.0909. The lowest BCUT2D eigenvalue weighted by Gasteiger charge is -2.19. The summed E-state index contributed by atoms with van der Waals surface area (Å²) in [5.41, 5.74) is 1.96. The second-order valence-electron chi connectivity index (χ2n) is 6.34. The Morgan fingerprint density at radius 1 is 1.00 bits per heavy atom. The third-order valence-corrected chi connectivity index (χ3v) is 4.61. The number of carbonyl (C=O) groups excluding carboxylic acids is 1. The Hall–Kier alpha value is -3.78. The molecular formula is C22H19N3O4S. The molecule has 3 rings (SSSR count). The molecule has 0 fully saturated rings. The average Bonchev–Trinajstić information content (AvgIpc) is 2.75. The molecular weight excluding hydrogens is 402 g/mol. The minimum Gasteiger partial charge on any atom is -0.494 e. The smallest absolute Gasteiger partial charge is 0.273 e. The van der Waals surface area contributed by atoms with Crippen molar-refractivity contribution in [2.45, 2.75) is 5.92 Å². The van der Waals surface area contributed by atoms with Crippen molar-refractivity contribution in [1.29, 1.82) is 0 Å². The predicted octanol–water partition coefficient (Wildman–Crippen LogP) is 4.25. The van der Waals surface area contributed by atoms with Crippen LogP contribution in [0.15, 0.2) is 78.9 Å². The van der Waals surface area contributed by atoms with E-state index < -0.39 is 10.8 Å². The SMILES string of the molecule is COc1cc([N+](=O)[O-])ccc1NC(=S)NC(=O)C(c1ccccc1)c1ccccc1. The molecule has 1 amide bonds. The summed E-state index contributed by atoms with van der Waals surface area (Å²) in [6.45, 7) is 0. The molecule has 0 unspecified atom stereocenters. The number of carbonyl (C=O) groups is 1. The Balaban J connectivity index is 1.80. The van der Waals surface area contributed by atoms with Crippen molar-refractivity contribution in [2.24, 2.45) is 0 Å². The number of hydrogen-bond donors (Lipinski definition) is 2. The van der Waals surface area contributed by atoms with Gasteiger partial charge in [0.2, 0.25) is 5.91 Å². The molecule has 0 atom stereocenters. The van der Waals surface area contributed by atoms with Crippen molar-refractivity contribution in [1.82, 2.24) is 5.32 Å². The van der Waals surface area contributed by atoms with E-state index in [2.05, 4.69) is 10.6 Å². The van der Waals surface area contributed by atoms with E-state index in [4.69, 9.17) is 17.0 Å². The number of anilines is 1. The van der Waals surface area contributed by atoms with Crippen molar-refractivity contribution in [3.8, 4) is 5.75 Å². The number of thiocarbonyl (C=S) groups is 1. The van der Waals surface area contributed by atoms with Gasteiger partial charge in [0.15, 0.2) is 5.11 Å². The number of methoxy groups -OCH3 is 1. The highest BCUT2D eigenvalue weighted by Crippen LogP contribution is 2.29. The van der Waals surface area contributed by atoms with Gasteiger partial charge >= 0.3 is 0 Å². The van der Waals surface area contributed by atoms with E-state index in [-0.39, 0.29) is 22.5 Å². The first-order valence-electron chi connectivity index (χ1n) is 9.03. The standard InChI is InChI=1S/C22H19N3O4S/c1-29-19-14-17(25(27)28)12-13-18(19)23-22(30)24-21(26)20(15-8-4-2-5-9-15)16-10-6-3-7-11-16/h2-14,20H,1H3,(H2,23,24,26,30). The molecule has 8 heteroatoms. The summed E-state index contributed by atoms with van der Waals surface area (Å²) in [6.07, 6.45) is 0. The number of non-ortho nitro benzene ring substituents is 1. The summed E-state index contributed by atoms with van der Waals surface area (Å²) in [6, 6.07) is 22.9. The lowest BCUT2D eigenvalue weighted by Crippen LogP contribution is -2.38. The molecule has 0 bridgehead atoms. The molecule has 0 spiro atoms. The van der Waals surface area contributed by atoms with Crippen molar-refractivity contribution in [3.05, 3.63) is 100 Å². The van der Waals surface area contributed by atoms with Crippen LogP contribution in [0.3, 0.4) is 0 Å². The Bertz CT molecular complexity index is 1020. The van der Waals surface area contributed by atoms with Gasteiger partial charge in [-0.3, -0.25) is 14.9 Å². The highest BCUT2D eigenvalue weighted by Gasteiger charge is 2.23. The van der Waals surface area contributed by atoms with Gasteiger partial charge in [-0.2, -0.15) is 0 Å². The van der Waals surface area contributed by atoms with Gasteiger partial charge in [-0.05, 0) is 29.4 Å². The zero-order valence-corrected chi connectivity index (χ0v) is 16.9. The van der Waals surface area contributed by atoms with E-state index in [1.165, 1.54) is 25.3 Å². The normalized spacial score (nSPS) is 10.3. The van der Waals surface area contributed by atoms with Crippen LogP contribution in [-0.4, -0.2) is 23.1 Å². The predicted molar refractivity (Wildman–Crippen MR) is 119 cm³/mol. The number of ether oxygens (including phenoxy) is 1. The minimum atomic E-state index is -0.550. The highest BCUT2D eigenvalue weighted by molar-refractivity contribution is 7.80. The maximum Gasteiger partial charge on any atom is 0.273 e. The molecule has 30 heavy (non-hydrogen) atoms. The van der Waals surface area contributed by atoms with Crippen LogP contribution in [-0.2, 0) is 4.79 Å². The van der Waals surface area contributed by atoms with E-state index in [9.17, 15) is 14.9 Å². The Morgan fingerprint density at radius 2 is 1.57 bits per heavy atom. The van der Waals surface area contributed by atoms with Gasteiger partial charge < -0.3 is 15.4 Å². The summed E-state index contributed by atoms with van der Waals surface area (Å²) >= 11 is 5.29. The van der Waals surface area contributed by atoms with Gasteiger partial charge in [-0.1, -0.05) is 60.7 Å². The van der Waals surface area contributed by atoms with Crippen LogP contribution < -0.4 is 15.4 Å². The molecule has 3 aromatic carbocycles. The second kappa shape index (κ2) is 9.62. The van der Waals surface area contributed by atoms with E-state index >= 15 is 0 Å². The maximum atomic E-state index is 13.1. The molecule has 0 aliphatic rings. The number of nitrogens with one attached hydrogen (secondary N) is 2. The van der Waals surface area contributed by atoms with Gasteiger partial charge in [0.1, 0.15) is 5.75 Å². The van der Waals surface area contributed by atoms with Gasteiger partial charge in [0.05, 0.1) is 29.7 Å². The van der Waals surface area contributed by atoms with Crippen molar-refractivity contribution >= 4 is 34.6 Å². The van der Waals surface area contributed by atoms with Crippen molar-refractivity contribution < 1.29 is 14.5 Å². The van der Waals surface area contributed by atoms with Gasteiger partial charge in [0.25, 0.3) is 5.69 Å². The van der Waals surface area contributed by atoms with Gasteiger partial charge in [0, 0.05) is 6.07 Å². The van der Waals surface area contributed by atoms with Crippen LogP contribution in [0.1, 0.15) is 17.0 Å². The fourth-order valence-electron chi connectivity index (χ4n) is 3.02. The zero-order valence-electron chi connectivity index (χ0n) is 16.1. The van der Waals surface area contributed by atoms with E-state index in [0.29, 0.717) is 5.69 Å². The maximum absolute atomic E-state index is 13.1. The first-order chi connectivity index (χ1) is 14.5. The van der Waals surface area contributed by atoms with Gasteiger partial charge in [-0.25, -0.2) is 0 Å². The van der Waals surface area contributed by atoms with E-state index in [1.807, 2.05) is 60.7 Å². The molecule has 7 nitrogen and oxygen atoms in total. The van der Waals surface area contributed by atoms with Crippen LogP contribution in [0.2, 0.25) is 0 Å². The average molecular weight is 421 g/mol. The number of hydrogen-bond acceptors (Lipinski definition) is 5. The molecule has 3 aromatic rings. The van der Waals surface area contributed by atoms with Crippen LogP contribution in [0.4, 0.5) is 11.4 Å². The zero-order chi connectivity index (χ0) is 21.5. The molecule has 0 aliphatic heterocycles. The highest BCUT2D eigenvalue weighted by atomic mass is 32.1. The third-order valence-electron chi connectivity index (χ3n) is 4.41. The monoisotopic (exact) mass is 421 g/mol. The number of nitrogens with zero attached hydrogens (tertiary/aromatic N) is 1. The van der Waals surface area contributed by atoms with E-state index in [0.717, 1.165) is 11.1 Å². The van der Waals surface area contributed by atoms with Crippen LogP contribution in [0.25, 0.3) is 0 Å². The summed E-state index contributed by atoms with van der Waals surface area (Å²) in [4.78, 5) is 23.5.